The number of rotatable bonds is 4. The highest BCUT2D eigenvalue weighted by Gasteiger charge is 1.99. The van der Waals surface area contributed by atoms with Crippen LogP contribution in [0.4, 0.5) is 0 Å². The van der Waals surface area contributed by atoms with Gasteiger partial charge in [-0.2, -0.15) is 0 Å². The highest BCUT2D eigenvalue weighted by Crippen LogP contribution is 2.12. The van der Waals surface area contributed by atoms with Crippen LogP contribution >= 0.6 is 10.7 Å². The molecule has 0 aliphatic carbocycles. The molecule has 0 atom stereocenters. The first-order valence-corrected chi connectivity index (χ1v) is 7.46. The predicted octanol–water partition coefficient (Wildman–Crippen LogP) is 3.42. The fourth-order valence-corrected chi connectivity index (χ4v) is 1.87. The molecule has 0 spiro atoms. The zero-order valence-corrected chi connectivity index (χ0v) is 10.9. The van der Waals surface area contributed by atoms with Crippen molar-refractivity contribution in [2.75, 3.05) is 0 Å². The lowest BCUT2D eigenvalue weighted by molar-refractivity contribution is 0.617. The molecule has 0 amide bonds. The van der Waals surface area contributed by atoms with E-state index in [9.17, 15) is 8.42 Å². The third kappa shape index (κ3) is 5.33. The minimum atomic E-state index is -3.56. The Morgan fingerprint density at radius 3 is 2.25 bits per heavy atom. The lowest BCUT2D eigenvalue weighted by Crippen LogP contribution is -1.93. The molecule has 0 aliphatic rings. The van der Waals surface area contributed by atoms with Crippen LogP contribution in [0.15, 0.2) is 29.7 Å². The van der Waals surface area contributed by atoms with Gasteiger partial charge in [0.25, 0.3) is 9.05 Å². The van der Waals surface area contributed by atoms with Crippen molar-refractivity contribution in [1.29, 1.82) is 0 Å². The monoisotopic (exact) mass is 258 g/mol. The summed E-state index contributed by atoms with van der Waals surface area (Å²) in [6.07, 6.45) is 2.51. The molecule has 0 N–H and O–H groups in total. The van der Waals surface area contributed by atoms with E-state index in [0.29, 0.717) is 5.92 Å². The molecule has 88 valence electrons. The van der Waals surface area contributed by atoms with Crippen molar-refractivity contribution in [3.05, 3.63) is 40.8 Å². The Labute approximate surface area is 101 Å². The first-order chi connectivity index (χ1) is 7.37. The molecule has 0 unspecified atom stereocenters. The topological polar surface area (TPSA) is 34.1 Å². The lowest BCUT2D eigenvalue weighted by Gasteiger charge is -2.04. The Bertz CT molecular complexity index is 458. The standard InChI is InChI=1S/C12H15ClO2S/c1-10(2)9-12-5-3-11(4-6-12)7-8-16(13,14)15/h3-8,10H,9H2,1-2H3/b8-7+. The second-order valence-electron chi connectivity index (χ2n) is 4.12. The van der Waals surface area contributed by atoms with Gasteiger partial charge >= 0.3 is 0 Å². The van der Waals surface area contributed by atoms with E-state index in [1.807, 2.05) is 24.3 Å². The van der Waals surface area contributed by atoms with E-state index in [0.717, 1.165) is 17.4 Å². The Kier molecular flexibility index (Phi) is 4.56. The molecule has 4 heteroatoms. The molecular formula is C12H15ClO2S. The smallest absolute Gasteiger partial charge is 0.208 e. The summed E-state index contributed by atoms with van der Waals surface area (Å²) in [5.41, 5.74) is 2.08. The van der Waals surface area contributed by atoms with Crippen LogP contribution < -0.4 is 0 Å². The molecule has 0 radical (unpaired) electrons. The number of hydrogen-bond donors (Lipinski definition) is 0. The van der Waals surface area contributed by atoms with Gasteiger partial charge in [-0.1, -0.05) is 38.1 Å². The zero-order valence-electron chi connectivity index (χ0n) is 9.35. The fraction of sp³-hybridized carbons (Fsp3) is 0.333. The summed E-state index contributed by atoms with van der Waals surface area (Å²) in [6.45, 7) is 4.32. The van der Waals surface area contributed by atoms with Gasteiger partial charge in [0.2, 0.25) is 0 Å². The van der Waals surface area contributed by atoms with Gasteiger partial charge in [0.05, 0.1) is 0 Å². The Morgan fingerprint density at radius 2 is 1.81 bits per heavy atom. The third-order valence-electron chi connectivity index (χ3n) is 2.05. The van der Waals surface area contributed by atoms with Crippen LogP contribution in [-0.2, 0) is 15.5 Å². The molecule has 0 saturated heterocycles. The number of halogens is 1. The molecule has 16 heavy (non-hydrogen) atoms. The highest BCUT2D eigenvalue weighted by atomic mass is 35.7. The van der Waals surface area contributed by atoms with Gasteiger partial charge in [-0.25, -0.2) is 8.42 Å². The molecule has 0 aliphatic heterocycles. The average Bonchev–Trinajstić information content (AvgIpc) is 2.14. The van der Waals surface area contributed by atoms with Crippen LogP contribution in [-0.4, -0.2) is 8.42 Å². The summed E-state index contributed by atoms with van der Waals surface area (Å²) >= 11 is 0. The summed E-state index contributed by atoms with van der Waals surface area (Å²) < 4.78 is 21.4. The quantitative estimate of drug-likeness (QED) is 0.776. The molecule has 2 nitrogen and oxygen atoms in total. The summed E-state index contributed by atoms with van der Waals surface area (Å²) in [5.74, 6) is 0.615. The van der Waals surface area contributed by atoms with Crippen molar-refractivity contribution in [3.63, 3.8) is 0 Å². The van der Waals surface area contributed by atoms with Gasteiger partial charge < -0.3 is 0 Å². The summed E-state index contributed by atoms with van der Waals surface area (Å²) in [7, 11) is 1.51. The van der Waals surface area contributed by atoms with E-state index in [1.54, 1.807) is 0 Å². The van der Waals surface area contributed by atoms with Crippen LogP contribution in [0, 0.1) is 5.92 Å². The van der Waals surface area contributed by atoms with E-state index >= 15 is 0 Å². The third-order valence-corrected chi connectivity index (χ3v) is 2.82. The molecule has 0 aromatic heterocycles. The van der Waals surface area contributed by atoms with E-state index in [4.69, 9.17) is 10.7 Å². The molecule has 0 fully saturated rings. The second kappa shape index (κ2) is 5.51. The summed E-state index contributed by atoms with van der Waals surface area (Å²) in [5, 5.41) is 0.992. The van der Waals surface area contributed by atoms with E-state index in [1.165, 1.54) is 11.6 Å². The maximum absolute atomic E-state index is 10.7. The van der Waals surface area contributed by atoms with Crippen LogP contribution in [0.25, 0.3) is 6.08 Å². The Morgan fingerprint density at radius 1 is 1.25 bits per heavy atom. The van der Waals surface area contributed by atoms with Crippen molar-refractivity contribution < 1.29 is 8.42 Å². The molecular weight excluding hydrogens is 244 g/mol. The first-order valence-electron chi connectivity index (χ1n) is 5.08. The Balaban J connectivity index is 2.76. The maximum atomic E-state index is 10.7. The molecule has 1 aromatic carbocycles. The van der Waals surface area contributed by atoms with Crippen LogP contribution in [0.5, 0.6) is 0 Å². The van der Waals surface area contributed by atoms with Crippen molar-refractivity contribution in [1.82, 2.24) is 0 Å². The van der Waals surface area contributed by atoms with Gasteiger partial charge in [-0.3, -0.25) is 0 Å². The average molecular weight is 259 g/mol. The number of hydrogen-bond acceptors (Lipinski definition) is 2. The SMILES string of the molecule is CC(C)Cc1ccc(/C=C/S(=O)(=O)Cl)cc1. The van der Waals surface area contributed by atoms with Crippen molar-refractivity contribution in [2.45, 2.75) is 20.3 Å². The second-order valence-corrected chi connectivity index (χ2v) is 6.63. The van der Waals surface area contributed by atoms with E-state index in [-0.39, 0.29) is 0 Å². The van der Waals surface area contributed by atoms with Gasteiger partial charge in [-0.15, -0.1) is 0 Å². The number of benzene rings is 1. The van der Waals surface area contributed by atoms with Gasteiger partial charge in [-0.05, 0) is 29.5 Å². The Hall–Kier alpha value is -0.800. The van der Waals surface area contributed by atoms with Crippen LogP contribution in [0.3, 0.4) is 0 Å². The van der Waals surface area contributed by atoms with Crippen LogP contribution in [0.1, 0.15) is 25.0 Å². The zero-order chi connectivity index (χ0) is 12.2. The van der Waals surface area contributed by atoms with Gasteiger partial charge in [0.15, 0.2) is 0 Å². The first kappa shape index (κ1) is 13.3. The largest absolute Gasteiger partial charge is 0.254 e. The molecule has 1 rings (SSSR count). The highest BCUT2D eigenvalue weighted by molar-refractivity contribution is 8.16. The molecule has 0 heterocycles. The van der Waals surface area contributed by atoms with Crippen molar-refractivity contribution in [2.24, 2.45) is 5.92 Å². The molecule has 0 saturated carbocycles. The summed E-state index contributed by atoms with van der Waals surface area (Å²) in [6, 6.07) is 7.77. The normalized spacial score (nSPS) is 12.5. The predicted molar refractivity (Wildman–Crippen MR) is 68.8 cm³/mol. The summed E-state index contributed by atoms with van der Waals surface area (Å²) in [4.78, 5) is 0. The molecule has 0 bridgehead atoms. The molecule has 1 aromatic rings. The minimum absolute atomic E-state index is 0.615. The van der Waals surface area contributed by atoms with Gasteiger partial charge in [0.1, 0.15) is 0 Å². The van der Waals surface area contributed by atoms with Crippen molar-refractivity contribution in [3.8, 4) is 0 Å². The fourth-order valence-electron chi connectivity index (χ4n) is 1.40. The maximum Gasteiger partial charge on any atom is 0.254 e. The van der Waals surface area contributed by atoms with Crippen molar-refractivity contribution >= 4 is 25.8 Å². The van der Waals surface area contributed by atoms with Gasteiger partial charge in [0, 0.05) is 16.1 Å². The lowest BCUT2D eigenvalue weighted by atomic mass is 10.0. The van der Waals surface area contributed by atoms with E-state index in [2.05, 4.69) is 13.8 Å². The van der Waals surface area contributed by atoms with Crippen LogP contribution in [0.2, 0.25) is 0 Å². The van der Waals surface area contributed by atoms with E-state index < -0.39 is 9.05 Å². The minimum Gasteiger partial charge on any atom is -0.208 e.